The fraction of sp³-hybridized carbons (Fsp3) is 0.211. The molecule has 0 aliphatic heterocycles. The summed E-state index contributed by atoms with van der Waals surface area (Å²) in [5.74, 6) is -0.504. The van der Waals surface area contributed by atoms with Gasteiger partial charge in [-0.05, 0) is 42.8 Å². The Morgan fingerprint density at radius 3 is 2.73 bits per heavy atom. The molecule has 0 aliphatic rings. The highest BCUT2D eigenvalue weighted by atomic mass is 19.1. The lowest BCUT2D eigenvalue weighted by Crippen LogP contribution is -2.29. The summed E-state index contributed by atoms with van der Waals surface area (Å²) in [7, 11) is 1.72. The van der Waals surface area contributed by atoms with Gasteiger partial charge in [-0.2, -0.15) is 5.10 Å². The molecule has 1 unspecified atom stereocenters. The fourth-order valence-corrected chi connectivity index (χ4v) is 2.48. The van der Waals surface area contributed by atoms with E-state index in [1.165, 1.54) is 6.07 Å². The van der Waals surface area contributed by atoms with E-state index in [-0.39, 0.29) is 30.0 Å². The molecule has 1 aromatic carbocycles. The molecule has 1 amide bonds. The van der Waals surface area contributed by atoms with Crippen LogP contribution in [0.4, 0.5) is 4.39 Å². The molecule has 3 aromatic rings. The average molecular weight is 354 g/mol. The lowest BCUT2D eigenvalue weighted by molar-refractivity contribution is 0.0736. The molecule has 134 valence electrons. The molecule has 7 heteroatoms. The number of nitrogens with zero attached hydrogens (tertiary/aromatic N) is 3. The smallest absolute Gasteiger partial charge is 0.274 e. The standard InChI is InChI=1S/C19H19FN4O2/c1-13(14-7-9-21-10-8-14)24(2)19(25)17-11-15(22-23-17)12-26-18-6-4-3-5-16(18)20/h3-11,13H,12H2,1-2H3,(H,22,23). The molecule has 0 saturated carbocycles. The Balaban J connectivity index is 1.65. The molecular formula is C19H19FN4O2. The van der Waals surface area contributed by atoms with Crippen LogP contribution in [0, 0.1) is 5.82 Å². The van der Waals surface area contributed by atoms with Gasteiger partial charge < -0.3 is 9.64 Å². The fourth-order valence-electron chi connectivity index (χ4n) is 2.48. The maximum absolute atomic E-state index is 13.6. The van der Waals surface area contributed by atoms with Gasteiger partial charge in [0.25, 0.3) is 5.91 Å². The van der Waals surface area contributed by atoms with Gasteiger partial charge >= 0.3 is 0 Å². The van der Waals surface area contributed by atoms with Crippen molar-refractivity contribution in [3.05, 3.63) is 77.6 Å². The molecule has 0 saturated heterocycles. The van der Waals surface area contributed by atoms with Crippen molar-refractivity contribution >= 4 is 5.91 Å². The predicted octanol–water partition coefficient (Wildman–Crippen LogP) is 3.36. The SMILES string of the molecule is CC(c1ccncc1)N(C)C(=O)c1cc(COc2ccccc2F)[nH]n1. The highest BCUT2D eigenvalue weighted by molar-refractivity contribution is 5.92. The first-order chi connectivity index (χ1) is 12.6. The number of rotatable bonds is 6. The molecule has 6 nitrogen and oxygen atoms in total. The Kier molecular flexibility index (Phi) is 5.26. The number of hydrogen-bond acceptors (Lipinski definition) is 4. The van der Waals surface area contributed by atoms with Crippen LogP contribution in [0.3, 0.4) is 0 Å². The number of nitrogens with one attached hydrogen (secondary N) is 1. The van der Waals surface area contributed by atoms with Crippen molar-refractivity contribution in [3.63, 3.8) is 0 Å². The summed E-state index contributed by atoms with van der Waals surface area (Å²) in [4.78, 5) is 18.2. The van der Waals surface area contributed by atoms with Gasteiger partial charge in [0.05, 0.1) is 11.7 Å². The zero-order valence-corrected chi connectivity index (χ0v) is 14.5. The summed E-state index contributed by atoms with van der Waals surface area (Å²) in [6.07, 6.45) is 3.38. The number of aromatic amines is 1. The van der Waals surface area contributed by atoms with E-state index in [0.717, 1.165) is 5.56 Å². The van der Waals surface area contributed by atoms with Gasteiger partial charge in [-0.1, -0.05) is 12.1 Å². The number of halogens is 1. The van der Waals surface area contributed by atoms with E-state index in [1.54, 1.807) is 48.6 Å². The first-order valence-electron chi connectivity index (χ1n) is 8.15. The van der Waals surface area contributed by atoms with Crippen molar-refractivity contribution in [2.45, 2.75) is 19.6 Å². The quantitative estimate of drug-likeness (QED) is 0.737. The number of para-hydroxylation sites is 1. The molecule has 1 atom stereocenters. The molecule has 0 spiro atoms. The lowest BCUT2D eigenvalue weighted by Gasteiger charge is -2.24. The third-order valence-electron chi connectivity index (χ3n) is 4.16. The third-order valence-corrected chi connectivity index (χ3v) is 4.16. The number of pyridine rings is 1. The minimum Gasteiger partial charge on any atom is -0.484 e. The Morgan fingerprint density at radius 1 is 1.27 bits per heavy atom. The van der Waals surface area contributed by atoms with Gasteiger partial charge in [0.1, 0.15) is 6.61 Å². The molecule has 0 aliphatic carbocycles. The van der Waals surface area contributed by atoms with Crippen molar-refractivity contribution in [2.75, 3.05) is 7.05 Å². The number of ether oxygens (including phenoxy) is 1. The number of H-pyrrole nitrogens is 1. The number of benzene rings is 1. The number of carbonyl (C=O) groups is 1. The van der Waals surface area contributed by atoms with Crippen LogP contribution in [0.1, 0.15) is 34.7 Å². The first-order valence-corrected chi connectivity index (χ1v) is 8.15. The highest BCUT2D eigenvalue weighted by Gasteiger charge is 2.21. The minimum atomic E-state index is -0.436. The minimum absolute atomic E-state index is 0.0881. The van der Waals surface area contributed by atoms with E-state index in [9.17, 15) is 9.18 Å². The van der Waals surface area contributed by atoms with Gasteiger partial charge in [0.15, 0.2) is 17.3 Å². The zero-order valence-electron chi connectivity index (χ0n) is 14.5. The normalized spacial score (nSPS) is 11.8. The van der Waals surface area contributed by atoms with E-state index in [4.69, 9.17) is 4.74 Å². The molecule has 26 heavy (non-hydrogen) atoms. The van der Waals surface area contributed by atoms with Gasteiger partial charge in [0.2, 0.25) is 0 Å². The molecule has 0 radical (unpaired) electrons. The van der Waals surface area contributed by atoms with Crippen LogP contribution in [0.15, 0.2) is 54.9 Å². The number of aromatic nitrogens is 3. The van der Waals surface area contributed by atoms with Gasteiger partial charge in [-0.3, -0.25) is 14.9 Å². The number of amides is 1. The molecule has 2 heterocycles. The van der Waals surface area contributed by atoms with Crippen molar-refractivity contribution in [2.24, 2.45) is 0 Å². The summed E-state index contributed by atoms with van der Waals surface area (Å²) in [5.41, 5.74) is 1.84. The molecule has 0 fully saturated rings. The van der Waals surface area contributed by atoms with E-state index >= 15 is 0 Å². The van der Waals surface area contributed by atoms with E-state index in [0.29, 0.717) is 5.69 Å². The third kappa shape index (κ3) is 3.88. The molecular weight excluding hydrogens is 335 g/mol. The molecule has 0 bridgehead atoms. The van der Waals surface area contributed by atoms with E-state index in [2.05, 4.69) is 15.2 Å². The second-order valence-corrected chi connectivity index (χ2v) is 5.87. The Hall–Kier alpha value is -3.22. The average Bonchev–Trinajstić information content (AvgIpc) is 3.15. The largest absolute Gasteiger partial charge is 0.484 e. The van der Waals surface area contributed by atoms with Gasteiger partial charge in [-0.25, -0.2) is 4.39 Å². The van der Waals surface area contributed by atoms with E-state index < -0.39 is 5.82 Å². The van der Waals surface area contributed by atoms with Crippen LogP contribution in [-0.4, -0.2) is 33.0 Å². The summed E-state index contributed by atoms with van der Waals surface area (Å²) in [6.45, 7) is 2.02. The Bertz CT molecular complexity index is 882. The van der Waals surface area contributed by atoms with Crippen LogP contribution in [-0.2, 0) is 6.61 Å². The summed E-state index contributed by atoms with van der Waals surface area (Å²) < 4.78 is 19.0. The second-order valence-electron chi connectivity index (χ2n) is 5.87. The van der Waals surface area contributed by atoms with Crippen molar-refractivity contribution in [3.8, 4) is 5.75 Å². The summed E-state index contributed by atoms with van der Waals surface area (Å²) in [5, 5.41) is 6.80. The van der Waals surface area contributed by atoms with Crippen LogP contribution >= 0.6 is 0 Å². The topological polar surface area (TPSA) is 71.1 Å². The summed E-state index contributed by atoms with van der Waals surface area (Å²) in [6, 6.07) is 11.4. The van der Waals surface area contributed by atoms with Crippen LogP contribution in [0.25, 0.3) is 0 Å². The zero-order chi connectivity index (χ0) is 18.5. The van der Waals surface area contributed by atoms with Crippen LogP contribution in [0.5, 0.6) is 5.75 Å². The van der Waals surface area contributed by atoms with Crippen molar-refractivity contribution in [1.82, 2.24) is 20.1 Å². The Labute approximate surface area is 150 Å². The maximum Gasteiger partial charge on any atom is 0.274 e. The van der Waals surface area contributed by atoms with E-state index in [1.807, 2.05) is 19.1 Å². The molecule has 2 aromatic heterocycles. The first kappa shape index (κ1) is 17.6. The van der Waals surface area contributed by atoms with Crippen molar-refractivity contribution < 1.29 is 13.9 Å². The Morgan fingerprint density at radius 2 is 2.00 bits per heavy atom. The molecule has 3 rings (SSSR count). The highest BCUT2D eigenvalue weighted by Crippen LogP contribution is 2.20. The van der Waals surface area contributed by atoms with Crippen LogP contribution in [0.2, 0.25) is 0 Å². The predicted molar refractivity (Wildman–Crippen MR) is 94.1 cm³/mol. The monoisotopic (exact) mass is 354 g/mol. The molecule has 1 N–H and O–H groups in total. The van der Waals surface area contributed by atoms with Crippen molar-refractivity contribution in [1.29, 1.82) is 0 Å². The van der Waals surface area contributed by atoms with Crippen LogP contribution < -0.4 is 4.74 Å². The maximum atomic E-state index is 13.6. The summed E-state index contributed by atoms with van der Waals surface area (Å²) >= 11 is 0. The second kappa shape index (κ2) is 7.77. The number of hydrogen-bond donors (Lipinski definition) is 1. The lowest BCUT2D eigenvalue weighted by atomic mass is 10.1. The number of carbonyl (C=O) groups excluding carboxylic acids is 1. The van der Waals surface area contributed by atoms with Gasteiger partial charge in [-0.15, -0.1) is 0 Å². The van der Waals surface area contributed by atoms with Gasteiger partial charge in [0, 0.05) is 19.4 Å².